The van der Waals surface area contributed by atoms with Gasteiger partial charge in [-0.25, -0.2) is 4.79 Å². The topological polar surface area (TPSA) is 43.9 Å². The highest BCUT2D eigenvalue weighted by Gasteiger charge is 2.58. The van der Waals surface area contributed by atoms with Crippen LogP contribution in [0.3, 0.4) is 0 Å². The Hall–Kier alpha value is -1.75. The van der Waals surface area contributed by atoms with Gasteiger partial charge in [0.2, 0.25) is 0 Å². The zero-order valence-electron chi connectivity index (χ0n) is 13.2. The molecule has 1 aromatic rings. The molecule has 5 nitrogen and oxygen atoms in total. The average Bonchev–Trinajstić information content (AvgIpc) is 3.19. The maximum absolute atomic E-state index is 12.8. The number of urea groups is 1. The predicted octanol–water partition coefficient (Wildman–Crippen LogP) is 2.74. The van der Waals surface area contributed by atoms with Crippen molar-refractivity contribution in [2.24, 2.45) is 0 Å². The van der Waals surface area contributed by atoms with E-state index in [1.165, 1.54) is 4.90 Å². The Kier molecular flexibility index (Phi) is 3.30. The Morgan fingerprint density at radius 2 is 1.91 bits per heavy atom. The lowest BCUT2D eigenvalue weighted by Crippen LogP contribution is -2.45. The molecule has 0 radical (unpaired) electrons. The molecule has 0 bridgehead atoms. The zero-order valence-corrected chi connectivity index (χ0v) is 13.9. The molecular formula is C17H20ClN3O2. The number of halogens is 1. The Labute approximate surface area is 140 Å². The molecule has 4 rings (SSSR count). The highest BCUT2D eigenvalue weighted by atomic mass is 35.5. The largest absolute Gasteiger partial charge is 0.369 e. The molecular weight excluding hydrogens is 314 g/mol. The Balaban J connectivity index is 1.53. The number of fused-ring (bicyclic) bond motifs is 1. The van der Waals surface area contributed by atoms with Crippen molar-refractivity contribution in [3.05, 3.63) is 29.3 Å². The first-order chi connectivity index (χ1) is 11.0. The van der Waals surface area contributed by atoms with Crippen molar-refractivity contribution in [1.29, 1.82) is 0 Å². The monoisotopic (exact) mass is 333 g/mol. The molecule has 0 N–H and O–H groups in total. The van der Waals surface area contributed by atoms with Gasteiger partial charge in [-0.3, -0.25) is 9.69 Å². The van der Waals surface area contributed by atoms with Gasteiger partial charge in [0.15, 0.2) is 0 Å². The molecule has 3 saturated heterocycles. The van der Waals surface area contributed by atoms with Crippen LogP contribution < -0.4 is 4.90 Å². The van der Waals surface area contributed by atoms with E-state index in [0.717, 1.165) is 31.5 Å². The van der Waals surface area contributed by atoms with E-state index in [1.54, 1.807) is 4.90 Å². The number of hydrogen-bond donors (Lipinski definition) is 0. The minimum absolute atomic E-state index is 0.0112. The van der Waals surface area contributed by atoms with E-state index in [4.69, 9.17) is 11.6 Å². The zero-order chi connectivity index (χ0) is 16.2. The highest BCUT2D eigenvalue weighted by Crippen LogP contribution is 2.39. The molecule has 3 amide bonds. The maximum Gasteiger partial charge on any atom is 0.327 e. The molecule has 1 aromatic carbocycles. The summed E-state index contributed by atoms with van der Waals surface area (Å²) in [6.07, 6.45) is 2.52. The third-order valence-corrected chi connectivity index (χ3v) is 5.73. The van der Waals surface area contributed by atoms with Crippen molar-refractivity contribution < 1.29 is 9.59 Å². The first-order valence-electron chi connectivity index (χ1n) is 8.16. The lowest BCUT2D eigenvalue weighted by atomic mass is 9.99. The van der Waals surface area contributed by atoms with Crippen LogP contribution in [0.4, 0.5) is 10.5 Å². The molecule has 2 atom stereocenters. The summed E-state index contributed by atoms with van der Waals surface area (Å²) in [6, 6.07) is 7.57. The van der Waals surface area contributed by atoms with Crippen molar-refractivity contribution in [3.63, 3.8) is 0 Å². The lowest BCUT2D eigenvalue weighted by molar-refractivity contribution is -0.133. The van der Waals surface area contributed by atoms with E-state index >= 15 is 0 Å². The number of imide groups is 1. The minimum Gasteiger partial charge on any atom is -0.369 e. The van der Waals surface area contributed by atoms with E-state index in [0.29, 0.717) is 18.1 Å². The molecule has 3 fully saturated rings. The second-order valence-corrected chi connectivity index (χ2v) is 7.29. The number of hydrogen-bond acceptors (Lipinski definition) is 3. The highest BCUT2D eigenvalue weighted by molar-refractivity contribution is 6.30. The van der Waals surface area contributed by atoms with E-state index in [1.807, 2.05) is 31.2 Å². The molecule has 122 valence electrons. The summed E-state index contributed by atoms with van der Waals surface area (Å²) >= 11 is 5.94. The Bertz CT molecular complexity index is 662. The molecule has 6 heteroatoms. The van der Waals surface area contributed by atoms with Gasteiger partial charge >= 0.3 is 6.03 Å². The van der Waals surface area contributed by atoms with Crippen LogP contribution in [0.2, 0.25) is 5.02 Å². The first kappa shape index (κ1) is 14.8. The number of amides is 3. The number of nitrogens with zero attached hydrogens (tertiary/aromatic N) is 3. The molecule has 3 aliphatic heterocycles. The van der Waals surface area contributed by atoms with Crippen molar-refractivity contribution in [2.45, 2.75) is 37.8 Å². The summed E-state index contributed by atoms with van der Waals surface area (Å²) in [7, 11) is 0. The molecule has 0 saturated carbocycles. The normalized spacial score (nSPS) is 30.5. The fraction of sp³-hybridized carbons (Fsp3) is 0.529. The third kappa shape index (κ3) is 2.13. The second kappa shape index (κ2) is 5.13. The predicted molar refractivity (Wildman–Crippen MR) is 88.7 cm³/mol. The lowest BCUT2D eigenvalue weighted by Gasteiger charge is -2.24. The van der Waals surface area contributed by atoms with Crippen LogP contribution in [0.5, 0.6) is 0 Å². The van der Waals surface area contributed by atoms with Crippen molar-refractivity contribution >= 4 is 29.2 Å². The van der Waals surface area contributed by atoms with Gasteiger partial charge in [-0.1, -0.05) is 11.6 Å². The summed E-state index contributed by atoms with van der Waals surface area (Å²) in [6.45, 7) is 4.15. The van der Waals surface area contributed by atoms with Gasteiger partial charge in [-0.15, -0.1) is 0 Å². The van der Waals surface area contributed by atoms with Crippen LogP contribution in [-0.4, -0.2) is 53.0 Å². The number of anilines is 1. The van der Waals surface area contributed by atoms with Gasteiger partial charge < -0.3 is 9.80 Å². The molecule has 0 spiro atoms. The van der Waals surface area contributed by atoms with Crippen molar-refractivity contribution in [3.8, 4) is 0 Å². The first-order valence-corrected chi connectivity index (χ1v) is 8.54. The van der Waals surface area contributed by atoms with Gasteiger partial charge in [0.1, 0.15) is 5.54 Å². The summed E-state index contributed by atoms with van der Waals surface area (Å²) in [4.78, 5) is 31.0. The van der Waals surface area contributed by atoms with Crippen molar-refractivity contribution in [1.82, 2.24) is 9.80 Å². The van der Waals surface area contributed by atoms with Gasteiger partial charge in [0, 0.05) is 30.3 Å². The molecule has 23 heavy (non-hydrogen) atoms. The van der Waals surface area contributed by atoms with Gasteiger partial charge in [-0.05, 0) is 50.5 Å². The third-order valence-electron chi connectivity index (χ3n) is 5.48. The van der Waals surface area contributed by atoms with E-state index in [9.17, 15) is 9.59 Å². The van der Waals surface area contributed by atoms with Gasteiger partial charge in [-0.2, -0.15) is 0 Å². The summed E-state index contributed by atoms with van der Waals surface area (Å²) in [5, 5.41) is 0.711. The van der Waals surface area contributed by atoms with Crippen LogP contribution in [0.1, 0.15) is 26.2 Å². The van der Waals surface area contributed by atoms with Gasteiger partial charge in [0.05, 0.1) is 6.04 Å². The standard InChI is InChI=1S/C17H20ClN3O2/c1-17-8-2-9-20(17)16(23)21(15(17)22)14-7-10-19(11-14)13-5-3-12(18)4-6-13/h3-6,14H,2,7-11H2,1H3/t14-,17-/m1/s1. The molecule has 3 heterocycles. The average molecular weight is 334 g/mol. The van der Waals surface area contributed by atoms with Crippen LogP contribution in [0.15, 0.2) is 24.3 Å². The summed E-state index contributed by atoms with van der Waals surface area (Å²) in [5.74, 6) is -0.0112. The summed E-state index contributed by atoms with van der Waals surface area (Å²) in [5.41, 5.74) is 0.479. The fourth-order valence-electron chi connectivity index (χ4n) is 4.13. The molecule has 3 aliphatic rings. The maximum atomic E-state index is 12.8. The Morgan fingerprint density at radius 1 is 1.17 bits per heavy atom. The minimum atomic E-state index is -0.606. The van der Waals surface area contributed by atoms with Crippen molar-refractivity contribution in [2.75, 3.05) is 24.5 Å². The number of rotatable bonds is 2. The van der Waals surface area contributed by atoms with E-state index in [-0.39, 0.29) is 18.0 Å². The molecule has 0 aromatic heterocycles. The van der Waals surface area contributed by atoms with Crippen LogP contribution in [0, 0.1) is 0 Å². The smallest absolute Gasteiger partial charge is 0.327 e. The van der Waals surface area contributed by atoms with E-state index < -0.39 is 5.54 Å². The Morgan fingerprint density at radius 3 is 2.61 bits per heavy atom. The fourth-order valence-corrected chi connectivity index (χ4v) is 4.26. The van der Waals surface area contributed by atoms with Crippen LogP contribution in [-0.2, 0) is 4.79 Å². The quantitative estimate of drug-likeness (QED) is 0.782. The van der Waals surface area contributed by atoms with Crippen LogP contribution >= 0.6 is 11.6 Å². The number of carbonyl (C=O) groups is 2. The number of benzene rings is 1. The molecule has 0 unspecified atom stereocenters. The SMILES string of the molecule is C[C@]12CCCN1C(=O)N([C@@H]1CCN(c3ccc(Cl)cc3)C1)C2=O. The van der Waals surface area contributed by atoms with Crippen LogP contribution in [0.25, 0.3) is 0 Å². The van der Waals surface area contributed by atoms with Gasteiger partial charge in [0.25, 0.3) is 5.91 Å². The second-order valence-electron chi connectivity index (χ2n) is 6.85. The number of carbonyl (C=O) groups excluding carboxylic acids is 2. The summed E-state index contributed by atoms with van der Waals surface area (Å²) < 4.78 is 0. The van der Waals surface area contributed by atoms with E-state index in [2.05, 4.69) is 4.90 Å². The molecule has 0 aliphatic carbocycles.